The zero-order valence-corrected chi connectivity index (χ0v) is 7.60. The zero-order chi connectivity index (χ0) is 8.10. The van der Waals surface area contributed by atoms with Crippen molar-refractivity contribution in [2.24, 2.45) is 5.92 Å². The maximum Gasteiger partial charge on any atom is 0.0850 e. The van der Waals surface area contributed by atoms with Crippen molar-refractivity contribution < 1.29 is 4.74 Å². The highest BCUT2D eigenvalue weighted by Crippen LogP contribution is 2.21. The molecule has 1 N–H and O–H groups in total. The second-order valence-electron chi connectivity index (χ2n) is 3.24. The Balaban J connectivity index is 2.01. The molecule has 1 heterocycles. The minimum atomic E-state index is 0.573. The average Bonchev–Trinajstić information content (AvgIpc) is 2.81. The van der Waals surface area contributed by atoms with E-state index < -0.39 is 0 Å². The van der Waals surface area contributed by atoms with Gasteiger partial charge in [-0.2, -0.15) is 0 Å². The first kappa shape index (κ1) is 9.01. The van der Waals surface area contributed by atoms with Crippen LogP contribution in [0.2, 0.25) is 0 Å². The third-order valence-electron chi connectivity index (χ3n) is 2.24. The van der Waals surface area contributed by atoms with Gasteiger partial charge < -0.3 is 10.1 Å². The smallest absolute Gasteiger partial charge is 0.0850 e. The van der Waals surface area contributed by atoms with E-state index in [-0.39, 0.29) is 0 Å². The first-order valence-electron chi connectivity index (χ1n) is 4.70. The quantitative estimate of drug-likeness (QED) is 0.466. The molecule has 0 aromatic heterocycles. The molecule has 66 valence electrons. The van der Waals surface area contributed by atoms with Crippen LogP contribution < -0.4 is 5.32 Å². The van der Waals surface area contributed by atoms with Crippen molar-refractivity contribution in [3.63, 3.8) is 0 Å². The van der Waals surface area contributed by atoms with Crippen LogP contribution in [0.3, 0.4) is 0 Å². The summed E-state index contributed by atoms with van der Waals surface area (Å²) in [5, 5.41) is 3.43. The summed E-state index contributed by atoms with van der Waals surface area (Å²) in [4.78, 5) is 0. The maximum atomic E-state index is 5.25. The highest BCUT2D eigenvalue weighted by molar-refractivity contribution is 4.79. The fraction of sp³-hybridized carbons (Fsp3) is 1.00. The van der Waals surface area contributed by atoms with E-state index in [0.717, 1.165) is 25.6 Å². The van der Waals surface area contributed by atoms with Gasteiger partial charge in [-0.3, -0.25) is 0 Å². The number of ether oxygens (including phenoxy) is 1. The van der Waals surface area contributed by atoms with E-state index in [1.165, 1.54) is 12.8 Å². The SMILES string of the molecule is CCCNCC(CC)C1CO1. The van der Waals surface area contributed by atoms with E-state index in [0.29, 0.717) is 6.10 Å². The van der Waals surface area contributed by atoms with E-state index in [2.05, 4.69) is 19.2 Å². The zero-order valence-electron chi connectivity index (χ0n) is 7.60. The summed E-state index contributed by atoms with van der Waals surface area (Å²) in [6, 6.07) is 0. The fourth-order valence-corrected chi connectivity index (χ4v) is 1.33. The van der Waals surface area contributed by atoms with Crippen molar-refractivity contribution in [3.05, 3.63) is 0 Å². The first-order chi connectivity index (χ1) is 5.38. The second-order valence-corrected chi connectivity index (χ2v) is 3.24. The van der Waals surface area contributed by atoms with Crippen LogP contribution in [0.5, 0.6) is 0 Å². The molecule has 1 aliphatic heterocycles. The molecule has 2 heteroatoms. The Morgan fingerprint density at radius 2 is 2.27 bits per heavy atom. The third-order valence-corrected chi connectivity index (χ3v) is 2.24. The van der Waals surface area contributed by atoms with Crippen molar-refractivity contribution in [1.29, 1.82) is 0 Å². The standard InChI is InChI=1S/C9H19NO/c1-3-5-10-6-8(4-2)9-7-11-9/h8-10H,3-7H2,1-2H3. The third kappa shape index (κ3) is 3.21. The molecular formula is C9H19NO. The Morgan fingerprint density at radius 1 is 1.55 bits per heavy atom. The molecule has 0 radical (unpaired) electrons. The van der Waals surface area contributed by atoms with E-state index in [9.17, 15) is 0 Å². The molecule has 1 rings (SSSR count). The Labute approximate surface area is 69.3 Å². The second kappa shape index (κ2) is 4.73. The van der Waals surface area contributed by atoms with Crippen molar-refractivity contribution in [1.82, 2.24) is 5.32 Å². The Kier molecular flexibility index (Phi) is 3.87. The summed E-state index contributed by atoms with van der Waals surface area (Å²) < 4.78 is 5.25. The van der Waals surface area contributed by atoms with Gasteiger partial charge in [0.25, 0.3) is 0 Å². The van der Waals surface area contributed by atoms with Gasteiger partial charge in [0.2, 0.25) is 0 Å². The molecule has 1 fully saturated rings. The van der Waals surface area contributed by atoms with E-state index in [1.807, 2.05) is 0 Å². The lowest BCUT2D eigenvalue weighted by Crippen LogP contribution is -2.26. The van der Waals surface area contributed by atoms with Gasteiger partial charge in [-0.25, -0.2) is 0 Å². The Hall–Kier alpha value is -0.0800. The molecule has 0 aromatic carbocycles. The predicted octanol–water partition coefficient (Wildman–Crippen LogP) is 1.41. The van der Waals surface area contributed by atoms with Crippen LogP contribution in [0, 0.1) is 5.92 Å². The number of nitrogens with one attached hydrogen (secondary N) is 1. The molecule has 1 saturated heterocycles. The van der Waals surface area contributed by atoms with Crippen molar-refractivity contribution in [2.45, 2.75) is 32.8 Å². The molecule has 2 nitrogen and oxygen atoms in total. The summed E-state index contributed by atoms with van der Waals surface area (Å²) in [6.07, 6.45) is 3.04. The number of hydrogen-bond acceptors (Lipinski definition) is 2. The normalized spacial score (nSPS) is 25.1. The van der Waals surface area contributed by atoms with Gasteiger partial charge in [0.1, 0.15) is 0 Å². The van der Waals surface area contributed by atoms with Crippen LogP contribution in [0.4, 0.5) is 0 Å². The van der Waals surface area contributed by atoms with Gasteiger partial charge in [-0.15, -0.1) is 0 Å². The molecular weight excluding hydrogens is 138 g/mol. The molecule has 1 aliphatic rings. The van der Waals surface area contributed by atoms with Crippen molar-refractivity contribution in [2.75, 3.05) is 19.7 Å². The van der Waals surface area contributed by atoms with Gasteiger partial charge in [-0.1, -0.05) is 13.8 Å². The Bertz CT molecular complexity index is 102. The molecule has 0 spiro atoms. The van der Waals surface area contributed by atoms with Gasteiger partial charge >= 0.3 is 0 Å². The largest absolute Gasteiger partial charge is 0.373 e. The minimum absolute atomic E-state index is 0.573. The summed E-state index contributed by atoms with van der Waals surface area (Å²) in [5.41, 5.74) is 0. The van der Waals surface area contributed by atoms with Crippen LogP contribution in [0.15, 0.2) is 0 Å². The topological polar surface area (TPSA) is 24.6 Å². The van der Waals surface area contributed by atoms with Crippen LogP contribution in [0.25, 0.3) is 0 Å². The van der Waals surface area contributed by atoms with E-state index >= 15 is 0 Å². The summed E-state index contributed by atoms with van der Waals surface area (Å²) >= 11 is 0. The van der Waals surface area contributed by atoms with Crippen LogP contribution >= 0.6 is 0 Å². The van der Waals surface area contributed by atoms with E-state index in [4.69, 9.17) is 4.74 Å². The molecule has 0 bridgehead atoms. The van der Waals surface area contributed by atoms with Crippen molar-refractivity contribution >= 4 is 0 Å². The molecule has 2 atom stereocenters. The van der Waals surface area contributed by atoms with E-state index in [1.54, 1.807) is 0 Å². The van der Waals surface area contributed by atoms with Crippen LogP contribution in [0.1, 0.15) is 26.7 Å². The highest BCUT2D eigenvalue weighted by atomic mass is 16.6. The highest BCUT2D eigenvalue weighted by Gasteiger charge is 2.30. The van der Waals surface area contributed by atoms with Gasteiger partial charge in [0, 0.05) is 6.54 Å². The van der Waals surface area contributed by atoms with Crippen molar-refractivity contribution in [3.8, 4) is 0 Å². The van der Waals surface area contributed by atoms with Gasteiger partial charge in [0.15, 0.2) is 0 Å². The lowest BCUT2D eigenvalue weighted by atomic mass is 10.0. The summed E-state index contributed by atoms with van der Waals surface area (Å²) in [5.74, 6) is 0.751. The molecule has 2 unspecified atom stereocenters. The molecule has 0 aliphatic carbocycles. The minimum Gasteiger partial charge on any atom is -0.373 e. The molecule has 0 aromatic rings. The maximum absolute atomic E-state index is 5.25. The fourth-order valence-electron chi connectivity index (χ4n) is 1.33. The monoisotopic (exact) mass is 157 g/mol. The number of rotatable bonds is 6. The van der Waals surface area contributed by atoms with Gasteiger partial charge in [-0.05, 0) is 25.3 Å². The van der Waals surface area contributed by atoms with Crippen LogP contribution in [-0.4, -0.2) is 25.8 Å². The van der Waals surface area contributed by atoms with Crippen LogP contribution in [-0.2, 0) is 4.74 Å². The molecule has 11 heavy (non-hydrogen) atoms. The first-order valence-corrected chi connectivity index (χ1v) is 4.70. The summed E-state index contributed by atoms with van der Waals surface area (Å²) in [7, 11) is 0. The predicted molar refractivity (Wildman–Crippen MR) is 46.7 cm³/mol. The lowest BCUT2D eigenvalue weighted by Gasteiger charge is -2.11. The number of hydrogen-bond donors (Lipinski definition) is 1. The number of epoxide rings is 1. The molecule has 0 amide bonds. The lowest BCUT2D eigenvalue weighted by molar-refractivity contribution is 0.313. The average molecular weight is 157 g/mol. The molecule has 0 saturated carbocycles. The van der Waals surface area contributed by atoms with Gasteiger partial charge in [0.05, 0.1) is 12.7 Å². The Morgan fingerprint density at radius 3 is 2.73 bits per heavy atom. The summed E-state index contributed by atoms with van der Waals surface area (Å²) in [6.45, 7) is 7.70.